The fourth-order valence-electron chi connectivity index (χ4n) is 1.78. The number of carbonyl (C=O) groups excluding carboxylic acids is 1. The van der Waals surface area contributed by atoms with Crippen LogP contribution in [0.1, 0.15) is 17.5 Å². The number of nitrogens with zero attached hydrogens (tertiary/aromatic N) is 4. The molecule has 0 aliphatic rings. The van der Waals surface area contributed by atoms with E-state index in [2.05, 4.69) is 10.2 Å². The van der Waals surface area contributed by atoms with Crippen LogP contribution in [0.4, 0.5) is 5.69 Å². The van der Waals surface area contributed by atoms with Gasteiger partial charge in [-0.2, -0.15) is 5.26 Å². The van der Waals surface area contributed by atoms with E-state index in [-0.39, 0.29) is 17.9 Å². The summed E-state index contributed by atoms with van der Waals surface area (Å²) in [5.74, 6) is -0.768. The number of benzene rings is 1. The Morgan fingerprint density at radius 1 is 1.52 bits per heavy atom. The maximum absolute atomic E-state index is 11.6. The summed E-state index contributed by atoms with van der Waals surface area (Å²) in [7, 11) is 0. The van der Waals surface area contributed by atoms with Crippen LogP contribution in [0.5, 0.6) is 0 Å². The average molecular weight is 376 g/mol. The number of nitro benzene ring substituents is 1. The van der Waals surface area contributed by atoms with E-state index in [9.17, 15) is 14.9 Å². The third kappa shape index (κ3) is 4.85. The van der Waals surface area contributed by atoms with Crippen LogP contribution in [0.2, 0.25) is 0 Å². The molecule has 0 radical (unpaired) electrons. The van der Waals surface area contributed by atoms with E-state index in [0.717, 1.165) is 16.8 Å². The monoisotopic (exact) mass is 376 g/mol. The summed E-state index contributed by atoms with van der Waals surface area (Å²) in [6.45, 7) is 3.55. The highest BCUT2D eigenvalue weighted by molar-refractivity contribution is 8.01. The van der Waals surface area contributed by atoms with Crippen molar-refractivity contribution in [1.29, 1.82) is 5.26 Å². The fourth-order valence-corrected chi connectivity index (χ4v) is 3.64. The van der Waals surface area contributed by atoms with Gasteiger partial charge in [-0.1, -0.05) is 29.2 Å². The smallest absolute Gasteiger partial charge is 0.348 e. The van der Waals surface area contributed by atoms with Crippen molar-refractivity contribution in [3.63, 3.8) is 0 Å². The van der Waals surface area contributed by atoms with Crippen LogP contribution in [0, 0.1) is 28.4 Å². The number of hydrogen-bond acceptors (Lipinski definition) is 9. The van der Waals surface area contributed by atoms with Gasteiger partial charge in [-0.05, 0) is 31.6 Å². The van der Waals surface area contributed by atoms with Gasteiger partial charge < -0.3 is 4.74 Å². The minimum atomic E-state index is -0.768. The summed E-state index contributed by atoms with van der Waals surface area (Å²) in [6.07, 6.45) is 1.26. The molecule has 8 nitrogen and oxygen atoms in total. The molecule has 10 heteroatoms. The van der Waals surface area contributed by atoms with E-state index in [0.29, 0.717) is 14.8 Å². The van der Waals surface area contributed by atoms with Crippen LogP contribution in [-0.2, 0) is 9.53 Å². The van der Waals surface area contributed by atoms with Crippen LogP contribution < -0.4 is 0 Å². The molecular formula is C15H12N4O4S2. The predicted molar refractivity (Wildman–Crippen MR) is 92.1 cm³/mol. The molecule has 0 amide bonds. The van der Waals surface area contributed by atoms with E-state index < -0.39 is 10.9 Å². The largest absolute Gasteiger partial charge is 0.462 e. The lowest BCUT2D eigenvalue weighted by Crippen LogP contribution is -2.06. The van der Waals surface area contributed by atoms with Crippen LogP contribution >= 0.6 is 23.1 Å². The topological polar surface area (TPSA) is 119 Å². The second-order valence-electron chi connectivity index (χ2n) is 4.56. The van der Waals surface area contributed by atoms with Crippen LogP contribution in [0.25, 0.3) is 6.08 Å². The second kappa shape index (κ2) is 8.36. The van der Waals surface area contributed by atoms with Crippen molar-refractivity contribution in [2.45, 2.75) is 23.1 Å². The molecule has 0 bridgehead atoms. The number of aryl methyl sites for hydroxylation is 1. The highest BCUT2D eigenvalue weighted by Gasteiger charge is 2.18. The maximum Gasteiger partial charge on any atom is 0.348 e. The Morgan fingerprint density at radius 2 is 2.28 bits per heavy atom. The number of nitro groups is 1. The summed E-state index contributed by atoms with van der Waals surface area (Å²) < 4.78 is 5.36. The molecule has 0 N–H and O–H groups in total. The molecule has 0 unspecified atom stereocenters. The molecule has 0 aliphatic carbocycles. The molecule has 0 atom stereocenters. The number of esters is 1. The third-order valence-electron chi connectivity index (χ3n) is 2.81. The third-order valence-corrected chi connectivity index (χ3v) is 4.77. The molecule has 128 valence electrons. The van der Waals surface area contributed by atoms with Crippen LogP contribution in [0.3, 0.4) is 0 Å². The Bertz CT molecular complexity index is 886. The van der Waals surface area contributed by atoms with E-state index in [1.54, 1.807) is 32.0 Å². The first-order chi connectivity index (χ1) is 11.9. The fraction of sp³-hybridized carbons (Fsp3) is 0.200. The van der Waals surface area contributed by atoms with Crippen molar-refractivity contribution in [2.75, 3.05) is 6.61 Å². The summed E-state index contributed by atoms with van der Waals surface area (Å²) in [4.78, 5) is 22.9. The van der Waals surface area contributed by atoms with E-state index in [4.69, 9.17) is 10.00 Å². The van der Waals surface area contributed by atoms with Gasteiger partial charge in [0.2, 0.25) is 0 Å². The van der Waals surface area contributed by atoms with Gasteiger partial charge in [-0.3, -0.25) is 10.1 Å². The Balaban J connectivity index is 2.36. The van der Waals surface area contributed by atoms with Crippen molar-refractivity contribution in [3.8, 4) is 6.07 Å². The zero-order valence-electron chi connectivity index (χ0n) is 13.3. The number of carbonyl (C=O) groups is 1. The van der Waals surface area contributed by atoms with Crippen molar-refractivity contribution >= 4 is 40.8 Å². The minimum absolute atomic E-state index is 0.134. The Kier molecular flexibility index (Phi) is 6.21. The van der Waals surface area contributed by atoms with Gasteiger partial charge in [0.25, 0.3) is 5.69 Å². The SMILES string of the molecule is CCOC(=O)/C(C#N)=C/c1ccc(Sc2nnc(C)s2)c([N+](=O)[O-])c1. The summed E-state index contributed by atoms with van der Waals surface area (Å²) in [5, 5.41) is 29.0. The van der Waals surface area contributed by atoms with Crippen molar-refractivity contribution in [3.05, 3.63) is 44.5 Å². The van der Waals surface area contributed by atoms with E-state index >= 15 is 0 Å². The number of aromatic nitrogens is 2. The zero-order chi connectivity index (χ0) is 18.4. The molecule has 0 saturated carbocycles. The number of rotatable bonds is 6. The van der Waals surface area contributed by atoms with Gasteiger partial charge in [0.1, 0.15) is 16.6 Å². The Hall–Kier alpha value is -2.77. The summed E-state index contributed by atoms with van der Waals surface area (Å²) in [5.41, 5.74) is -0.0156. The molecule has 2 rings (SSSR count). The standard InChI is InChI=1S/C15H12N4O4S2/c1-3-23-14(20)11(8-16)6-10-4-5-13(12(7-10)19(21)22)25-15-18-17-9(2)24-15/h4-7H,3H2,1-2H3/b11-6+. The zero-order valence-corrected chi connectivity index (χ0v) is 14.9. The molecular weight excluding hydrogens is 364 g/mol. The maximum atomic E-state index is 11.6. The first kappa shape index (κ1) is 18.6. The summed E-state index contributed by atoms with van der Waals surface area (Å²) in [6, 6.07) is 6.16. The van der Waals surface area contributed by atoms with E-state index in [1.165, 1.54) is 23.5 Å². The van der Waals surface area contributed by atoms with Crippen molar-refractivity contribution in [2.24, 2.45) is 0 Å². The van der Waals surface area contributed by atoms with Crippen LogP contribution in [0.15, 0.2) is 33.0 Å². The first-order valence-electron chi connectivity index (χ1n) is 7.00. The highest BCUT2D eigenvalue weighted by Crippen LogP contribution is 2.36. The lowest BCUT2D eigenvalue weighted by molar-refractivity contribution is -0.387. The van der Waals surface area contributed by atoms with Gasteiger partial charge in [-0.15, -0.1) is 10.2 Å². The summed E-state index contributed by atoms with van der Waals surface area (Å²) >= 11 is 2.47. The lowest BCUT2D eigenvalue weighted by Gasteiger charge is -2.03. The number of ether oxygens (including phenoxy) is 1. The minimum Gasteiger partial charge on any atom is -0.462 e. The predicted octanol–water partition coefficient (Wildman–Crippen LogP) is 3.38. The van der Waals surface area contributed by atoms with Crippen molar-refractivity contribution < 1.29 is 14.5 Å². The van der Waals surface area contributed by atoms with Gasteiger partial charge in [0, 0.05) is 6.07 Å². The van der Waals surface area contributed by atoms with Gasteiger partial charge in [-0.25, -0.2) is 4.79 Å². The Morgan fingerprint density at radius 3 is 2.84 bits per heavy atom. The highest BCUT2D eigenvalue weighted by atomic mass is 32.2. The van der Waals surface area contributed by atoms with Gasteiger partial charge in [0.05, 0.1) is 16.4 Å². The molecule has 0 spiro atoms. The molecule has 0 aliphatic heterocycles. The average Bonchev–Trinajstić information content (AvgIpc) is 2.98. The Labute approximate surface area is 151 Å². The lowest BCUT2D eigenvalue weighted by atomic mass is 10.1. The molecule has 1 aromatic carbocycles. The molecule has 1 aromatic heterocycles. The normalized spacial score (nSPS) is 11.0. The molecule has 25 heavy (non-hydrogen) atoms. The number of hydrogen-bond donors (Lipinski definition) is 0. The van der Waals surface area contributed by atoms with E-state index in [1.807, 2.05) is 0 Å². The molecule has 2 aromatic rings. The number of nitriles is 1. The van der Waals surface area contributed by atoms with Crippen molar-refractivity contribution in [1.82, 2.24) is 10.2 Å². The molecule has 1 heterocycles. The first-order valence-corrected chi connectivity index (χ1v) is 8.63. The quantitative estimate of drug-likeness (QED) is 0.247. The molecule has 0 saturated heterocycles. The second-order valence-corrected chi connectivity index (χ2v) is 7.03. The van der Waals surface area contributed by atoms with Gasteiger partial charge >= 0.3 is 5.97 Å². The van der Waals surface area contributed by atoms with Crippen LogP contribution in [-0.4, -0.2) is 27.7 Å². The van der Waals surface area contributed by atoms with Gasteiger partial charge in [0.15, 0.2) is 4.34 Å². The molecule has 0 fully saturated rings.